The fraction of sp³-hybridized carbons (Fsp3) is 0.300. The van der Waals surface area contributed by atoms with Gasteiger partial charge in [0.1, 0.15) is 11.9 Å². The van der Waals surface area contributed by atoms with Gasteiger partial charge in [-0.15, -0.1) is 11.8 Å². The van der Waals surface area contributed by atoms with Crippen LogP contribution in [0.1, 0.15) is 18.1 Å². The third-order valence-electron chi connectivity index (χ3n) is 4.30. The Kier molecular flexibility index (Phi) is 9.08. The van der Waals surface area contributed by atoms with E-state index < -0.39 is 11.9 Å². The molecule has 0 spiro atoms. The highest BCUT2D eigenvalue weighted by Gasteiger charge is 2.26. The van der Waals surface area contributed by atoms with Crippen LogP contribution in [0.3, 0.4) is 0 Å². The molecule has 2 aromatic rings. The van der Waals surface area contributed by atoms with Gasteiger partial charge in [0.25, 0.3) is 0 Å². The summed E-state index contributed by atoms with van der Waals surface area (Å²) in [5.41, 5.74) is 1.01. The summed E-state index contributed by atoms with van der Waals surface area (Å²) in [6.45, 7) is 1.78. The topological polar surface area (TPSA) is 49.4 Å². The van der Waals surface area contributed by atoms with E-state index in [0.717, 1.165) is 0 Å². The summed E-state index contributed by atoms with van der Waals surface area (Å²) >= 11 is 19.4. The van der Waals surface area contributed by atoms with E-state index in [9.17, 15) is 14.0 Å². The largest absolute Gasteiger partial charge is 0.357 e. The number of carbonyl (C=O) groups excluding carboxylic acids is 2. The first-order chi connectivity index (χ1) is 13.7. The molecule has 0 fully saturated rings. The molecule has 0 heterocycles. The quantitative estimate of drug-likeness (QED) is 0.570. The first-order valence-corrected chi connectivity index (χ1v) is 11.0. The van der Waals surface area contributed by atoms with Crippen LogP contribution >= 0.6 is 46.6 Å². The van der Waals surface area contributed by atoms with Crippen LogP contribution < -0.4 is 5.32 Å². The highest BCUT2D eigenvalue weighted by molar-refractivity contribution is 7.99. The molecule has 0 radical (unpaired) electrons. The smallest absolute Gasteiger partial charge is 0.242 e. The van der Waals surface area contributed by atoms with E-state index in [0.29, 0.717) is 26.2 Å². The number of benzene rings is 2. The minimum Gasteiger partial charge on any atom is -0.357 e. The van der Waals surface area contributed by atoms with Gasteiger partial charge in [-0.2, -0.15) is 0 Å². The van der Waals surface area contributed by atoms with Gasteiger partial charge < -0.3 is 10.2 Å². The molecule has 2 aromatic carbocycles. The van der Waals surface area contributed by atoms with Crippen LogP contribution in [0, 0.1) is 5.82 Å². The number of amides is 2. The second kappa shape index (κ2) is 11.1. The molecule has 1 N–H and O–H groups in total. The predicted octanol–water partition coefficient (Wildman–Crippen LogP) is 5.18. The Morgan fingerprint density at radius 1 is 1.17 bits per heavy atom. The minimum atomic E-state index is -0.711. The van der Waals surface area contributed by atoms with Gasteiger partial charge in [-0.1, -0.05) is 46.9 Å². The molecule has 0 bridgehead atoms. The van der Waals surface area contributed by atoms with Crippen molar-refractivity contribution in [3.63, 3.8) is 0 Å². The van der Waals surface area contributed by atoms with Crippen LogP contribution in [0.5, 0.6) is 0 Å². The molecule has 9 heteroatoms. The lowest BCUT2D eigenvalue weighted by molar-refractivity contribution is -0.138. The molecule has 2 rings (SSSR count). The van der Waals surface area contributed by atoms with Gasteiger partial charge in [-0.05, 0) is 36.8 Å². The Morgan fingerprint density at radius 2 is 1.90 bits per heavy atom. The van der Waals surface area contributed by atoms with Crippen LogP contribution in [0.15, 0.2) is 36.4 Å². The number of likely N-dealkylation sites (N-methyl/N-ethyl adjacent to an activating group) is 1. The zero-order chi connectivity index (χ0) is 21.6. The van der Waals surface area contributed by atoms with E-state index in [2.05, 4.69) is 5.32 Å². The van der Waals surface area contributed by atoms with Gasteiger partial charge in [-0.3, -0.25) is 9.59 Å². The second-order valence-electron chi connectivity index (χ2n) is 6.24. The standard InChI is InChI=1S/C20H20Cl3FN2O2S/c1-12(20(28)25-2)26(9-13-6-7-14(21)8-17(13)23)19(27)11-29-10-15-16(22)4-3-5-18(15)24/h3-8,12H,9-11H2,1-2H3,(H,25,28). The minimum absolute atomic E-state index is 0.0528. The fourth-order valence-corrected chi connectivity index (χ4v) is 4.34. The molecule has 1 atom stereocenters. The van der Waals surface area contributed by atoms with E-state index in [1.807, 2.05) is 0 Å². The third kappa shape index (κ3) is 6.51. The fourth-order valence-electron chi connectivity index (χ4n) is 2.62. The Bertz CT molecular complexity index is 878. The van der Waals surface area contributed by atoms with Gasteiger partial charge in [-0.25, -0.2) is 4.39 Å². The Morgan fingerprint density at radius 3 is 2.52 bits per heavy atom. The maximum absolute atomic E-state index is 13.9. The molecule has 0 aliphatic heterocycles. The summed E-state index contributed by atoms with van der Waals surface area (Å²) in [5.74, 6) is -0.700. The van der Waals surface area contributed by atoms with E-state index in [4.69, 9.17) is 34.8 Å². The molecular formula is C20H20Cl3FN2O2S. The summed E-state index contributed by atoms with van der Waals surface area (Å²) in [7, 11) is 1.51. The number of rotatable bonds is 8. The number of nitrogens with one attached hydrogen (secondary N) is 1. The first-order valence-electron chi connectivity index (χ1n) is 8.70. The molecule has 1 unspecified atom stereocenters. The van der Waals surface area contributed by atoms with Crippen molar-refractivity contribution < 1.29 is 14.0 Å². The van der Waals surface area contributed by atoms with Crippen LogP contribution in [-0.4, -0.2) is 35.6 Å². The van der Waals surface area contributed by atoms with Crippen molar-refractivity contribution in [2.24, 2.45) is 0 Å². The average molecular weight is 478 g/mol. The SMILES string of the molecule is CNC(=O)C(C)N(Cc1ccc(Cl)cc1Cl)C(=O)CSCc1c(F)cccc1Cl. The Balaban J connectivity index is 2.12. The highest BCUT2D eigenvalue weighted by atomic mass is 35.5. The maximum atomic E-state index is 13.9. The molecule has 4 nitrogen and oxygen atoms in total. The molecule has 156 valence electrons. The first kappa shape index (κ1) is 23.8. The lowest BCUT2D eigenvalue weighted by atomic mass is 10.1. The third-order valence-corrected chi connectivity index (χ3v) is 6.19. The Labute approximate surface area is 188 Å². The molecular weight excluding hydrogens is 458 g/mol. The zero-order valence-electron chi connectivity index (χ0n) is 15.8. The van der Waals surface area contributed by atoms with Crippen molar-refractivity contribution >= 4 is 58.4 Å². The average Bonchev–Trinajstić information content (AvgIpc) is 2.68. The summed E-state index contributed by atoms with van der Waals surface area (Å²) in [6, 6.07) is 8.72. The molecule has 0 aliphatic rings. The normalized spacial score (nSPS) is 11.8. The Hall–Kier alpha value is -1.47. The number of carbonyl (C=O) groups is 2. The van der Waals surface area contributed by atoms with Gasteiger partial charge in [0.2, 0.25) is 11.8 Å². The molecule has 0 aromatic heterocycles. The predicted molar refractivity (Wildman–Crippen MR) is 118 cm³/mol. The van der Waals surface area contributed by atoms with Crippen LogP contribution in [0.2, 0.25) is 15.1 Å². The lowest BCUT2D eigenvalue weighted by Crippen LogP contribution is -2.47. The van der Waals surface area contributed by atoms with Gasteiger partial charge in [0.05, 0.1) is 5.75 Å². The van der Waals surface area contributed by atoms with Gasteiger partial charge >= 0.3 is 0 Å². The summed E-state index contributed by atoms with van der Waals surface area (Å²) in [5, 5.41) is 3.75. The number of hydrogen-bond acceptors (Lipinski definition) is 3. The number of thioether (sulfide) groups is 1. The van der Waals surface area contributed by atoms with E-state index >= 15 is 0 Å². The van der Waals surface area contributed by atoms with Gasteiger partial charge in [0.15, 0.2) is 0 Å². The second-order valence-corrected chi connectivity index (χ2v) is 8.48. The molecule has 0 aliphatic carbocycles. The monoisotopic (exact) mass is 476 g/mol. The van der Waals surface area contributed by atoms with Gasteiger partial charge in [0, 0.05) is 40.0 Å². The van der Waals surface area contributed by atoms with Crippen molar-refractivity contribution in [2.75, 3.05) is 12.8 Å². The van der Waals surface area contributed by atoms with Crippen LogP contribution in [-0.2, 0) is 21.9 Å². The van der Waals surface area contributed by atoms with Crippen molar-refractivity contribution in [1.82, 2.24) is 10.2 Å². The van der Waals surface area contributed by atoms with E-state index in [1.165, 1.54) is 35.8 Å². The zero-order valence-corrected chi connectivity index (χ0v) is 18.9. The van der Waals surface area contributed by atoms with Crippen molar-refractivity contribution in [3.8, 4) is 0 Å². The maximum Gasteiger partial charge on any atom is 0.242 e. The van der Waals surface area contributed by atoms with E-state index in [-0.39, 0.29) is 29.9 Å². The van der Waals surface area contributed by atoms with Crippen LogP contribution in [0.4, 0.5) is 4.39 Å². The molecule has 0 saturated carbocycles. The molecule has 2 amide bonds. The number of halogens is 4. The summed E-state index contributed by atoms with van der Waals surface area (Å²) in [4.78, 5) is 26.4. The highest BCUT2D eigenvalue weighted by Crippen LogP contribution is 2.26. The van der Waals surface area contributed by atoms with Crippen molar-refractivity contribution in [2.45, 2.75) is 25.3 Å². The number of nitrogens with zero attached hydrogens (tertiary/aromatic N) is 1. The van der Waals surface area contributed by atoms with Crippen LogP contribution in [0.25, 0.3) is 0 Å². The lowest BCUT2D eigenvalue weighted by Gasteiger charge is -2.28. The van der Waals surface area contributed by atoms with E-state index in [1.54, 1.807) is 31.2 Å². The molecule has 29 heavy (non-hydrogen) atoms. The molecule has 0 saturated heterocycles. The van der Waals surface area contributed by atoms with Crippen molar-refractivity contribution in [3.05, 3.63) is 68.4 Å². The van der Waals surface area contributed by atoms with Crippen molar-refractivity contribution in [1.29, 1.82) is 0 Å². The summed E-state index contributed by atoms with van der Waals surface area (Å²) < 4.78 is 13.9. The number of hydrogen-bond donors (Lipinski definition) is 1. The summed E-state index contributed by atoms with van der Waals surface area (Å²) in [6.07, 6.45) is 0.